The van der Waals surface area contributed by atoms with Crippen molar-refractivity contribution >= 4 is 17.5 Å². The van der Waals surface area contributed by atoms with Gasteiger partial charge in [-0.25, -0.2) is 4.98 Å². The zero-order chi connectivity index (χ0) is 13.8. The van der Waals surface area contributed by atoms with Gasteiger partial charge in [0, 0.05) is 25.0 Å². The van der Waals surface area contributed by atoms with E-state index in [9.17, 15) is 0 Å². The van der Waals surface area contributed by atoms with Gasteiger partial charge >= 0.3 is 0 Å². The predicted molar refractivity (Wildman–Crippen MR) is 82.4 cm³/mol. The van der Waals surface area contributed by atoms with Crippen molar-refractivity contribution in [3.8, 4) is 0 Å². The smallest absolute Gasteiger partial charge is 0.227 e. The van der Waals surface area contributed by atoms with Crippen LogP contribution < -0.4 is 10.2 Å². The zero-order valence-corrected chi connectivity index (χ0v) is 11.8. The highest BCUT2D eigenvalue weighted by atomic mass is 15.3. The fraction of sp³-hybridized carbons (Fsp3) is 0.375. The molecule has 2 aromatic rings. The second-order valence-electron chi connectivity index (χ2n) is 5.40. The lowest BCUT2D eigenvalue weighted by Gasteiger charge is -2.30. The van der Waals surface area contributed by atoms with Crippen LogP contribution >= 0.6 is 0 Å². The molecule has 4 nitrogen and oxygen atoms in total. The number of nitrogens with one attached hydrogen (secondary N) is 1. The molecule has 1 aromatic heterocycles. The Bertz CT molecular complexity index is 547. The highest BCUT2D eigenvalue weighted by Crippen LogP contribution is 2.21. The molecule has 1 aliphatic rings. The van der Waals surface area contributed by atoms with E-state index < -0.39 is 0 Å². The molecule has 0 atom stereocenters. The predicted octanol–water partition coefficient (Wildman–Crippen LogP) is 3.46. The van der Waals surface area contributed by atoms with Gasteiger partial charge in [0.15, 0.2) is 0 Å². The van der Waals surface area contributed by atoms with Gasteiger partial charge < -0.3 is 10.2 Å². The van der Waals surface area contributed by atoms with Gasteiger partial charge in [-0.2, -0.15) is 4.98 Å². The van der Waals surface area contributed by atoms with Gasteiger partial charge in [0.2, 0.25) is 5.95 Å². The molecule has 4 heteroatoms. The number of nitrogens with zero attached hydrogens (tertiary/aromatic N) is 3. The van der Waals surface area contributed by atoms with E-state index in [4.69, 9.17) is 0 Å². The first-order valence-corrected chi connectivity index (χ1v) is 7.21. The SMILES string of the molecule is CC1CCN(c2nccc(Nc3ccccc3)n2)CC1. The second kappa shape index (κ2) is 5.90. The summed E-state index contributed by atoms with van der Waals surface area (Å²) in [5, 5.41) is 3.31. The van der Waals surface area contributed by atoms with Crippen LogP contribution in [0.1, 0.15) is 19.8 Å². The summed E-state index contributed by atoms with van der Waals surface area (Å²) in [6.45, 7) is 4.41. The first-order chi connectivity index (χ1) is 9.81. The van der Waals surface area contributed by atoms with E-state index >= 15 is 0 Å². The summed E-state index contributed by atoms with van der Waals surface area (Å²) in [7, 11) is 0. The lowest BCUT2D eigenvalue weighted by Crippen LogP contribution is -2.34. The highest BCUT2D eigenvalue weighted by molar-refractivity contribution is 5.56. The molecule has 2 heterocycles. The fourth-order valence-electron chi connectivity index (χ4n) is 2.45. The van der Waals surface area contributed by atoms with Crippen molar-refractivity contribution in [1.29, 1.82) is 0 Å². The Morgan fingerprint density at radius 3 is 2.60 bits per heavy atom. The van der Waals surface area contributed by atoms with E-state index in [1.807, 2.05) is 42.6 Å². The quantitative estimate of drug-likeness (QED) is 0.925. The normalized spacial score (nSPS) is 16.1. The van der Waals surface area contributed by atoms with E-state index in [0.717, 1.165) is 36.5 Å². The highest BCUT2D eigenvalue weighted by Gasteiger charge is 2.17. The van der Waals surface area contributed by atoms with Crippen LogP contribution in [-0.4, -0.2) is 23.1 Å². The maximum absolute atomic E-state index is 4.62. The summed E-state index contributed by atoms with van der Waals surface area (Å²) in [6, 6.07) is 12.0. The van der Waals surface area contributed by atoms with E-state index in [1.54, 1.807) is 0 Å². The van der Waals surface area contributed by atoms with Crippen molar-refractivity contribution in [2.45, 2.75) is 19.8 Å². The van der Waals surface area contributed by atoms with Crippen molar-refractivity contribution in [1.82, 2.24) is 9.97 Å². The first-order valence-electron chi connectivity index (χ1n) is 7.21. The molecule has 0 radical (unpaired) electrons. The molecule has 3 rings (SSSR count). The molecule has 1 fully saturated rings. The van der Waals surface area contributed by atoms with Gasteiger partial charge in [-0.1, -0.05) is 25.1 Å². The number of para-hydroxylation sites is 1. The molecule has 0 spiro atoms. The van der Waals surface area contributed by atoms with Crippen LogP contribution in [-0.2, 0) is 0 Å². The van der Waals surface area contributed by atoms with Crippen LogP contribution in [0.15, 0.2) is 42.6 Å². The second-order valence-corrected chi connectivity index (χ2v) is 5.40. The van der Waals surface area contributed by atoms with Crippen molar-refractivity contribution < 1.29 is 0 Å². The molecule has 0 amide bonds. The Morgan fingerprint density at radius 1 is 1.10 bits per heavy atom. The Balaban J connectivity index is 1.73. The minimum atomic E-state index is 0.817. The number of anilines is 3. The summed E-state index contributed by atoms with van der Waals surface area (Å²) < 4.78 is 0. The standard InChI is InChI=1S/C16H20N4/c1-13-8-11-20(12-9-13)16-17-10-7-15(19-16)18-14-5-3-2-4-6-14/h2-7,10,13H,8-9,11-12H2,1H3,(H,17,18,19). The molecule has 1 aliphatic heterocycles. The van der Waals surface area contributed by atoms with Gasteiger partial charge in [-0.15, -0.1) is 0 Å². The number of benzene rings is 1. The Hall–Kier alpha value is -2.10. The fourth-order valence-corrected chi connectivity index (χ4v) is 2.45. The van der Waals surface area contributed by atoms with E-state index in [2.05, 4.69) is 27.1 Å². The topological polar surface area (TPSA) is 41.1 Å². The minimum Gasteiger partial charge on any atom is -0.341 e. The molecule has 0 bridgehead atoms. The molecule has 0 unspecified atom stereocenters. The van der Waals surface area contributed by atoms with Crippen molar-refractivity contribution in [2.24, 2.45) is 5.92 Å². The first kappa shape index (κ1) is 12.9. The van der Waals surface area contributed by atoms with E-state index in [0.29, 0.717) is 0 Å². The van der Waals surface area contributed by atoms with E-state index in [1.165, 1.54) is 12.8 Å². The van der Waals surface area contributed by atoms with Crippen LogP contribution in [0.5, 0.6) is 0 Å². The number of rotatable bonds is 3. The summed E-state index contributed by atoms with van der Waals surface area (Å²) >= 11 is 0. The van der Waals surface area contributed by atoms with Crippen LogP contribution in [0, 0.1) is 5.92 Å². The number of hydrogen-bond donors (Lipinski definition) is 1. The number of piperidine rings is 1. The third-order valence-electron chi connectivity index (χ3n) is 3.76. The van der Waals surface area contributed by atoms with E-state index in [-0.39, 0.29) is 0 Å². The van der Waals surface area contributed by atoms with Crippen molar-refractivity contribution in [3.05, 3.63) is 42.6 Å². The Morgan fingerprint density at radius 2 is 1.85 bits per heavy atom. The summed E-state index contributed by atoms with van der Waals surface area (Å²) in [5.41, 5.74) is 1.05. The van der Waals surface area contributed by atoms with Gasteiger partial charge in [0.05, 0.1) is 0 Å². The van der Waals surface area contributed by atoms with Gasteiger partial charge in [-0.05, 0) is 37.0 Å². The van der Waals surface area contributed by atoms with Crippen LogP contribution in [0.4, 0.5) is 17.5 Å². The lowest BCUT2D eigenvalue weighted by molar-refractivity contribution is 0.434. The Labute approximate surface area is 119 Å². The van der Waals surface area contributed by atoms with Crippen LogP contribution in [0.3, 0.4) is 0 Å². The third-order valence-corrected chi connectivity index (χ3v) is 3.76. The zero-order valence-electron chi connectivity index (χ0n) is 11.8. The molecule has 1 aromatic carbocycles. The molecular weight excluding hydrogens is 248 g/mol. The molecular formula is C16H20N4. The summed E-state index contributed by atoms with van der Waals surface area (Å²) in [6.07, 6.45) is 4.27. The van der Waals surface area contributed by atoms with Crippen LogP contribution in [0.25, 0.3) is 0 Å². The average molecular weight is 268 g/mol. The number of aromatic nitrogens is 2. The maximum atomic E-state index is 4.62. The van der Waals surface area contributed by atoms with Crippen molar-refractivity contribution in [3.63, 3.8) is 0 Å². The average Bonchev–Trinajstić information content (AvgIpc) is 2.49. The Kier molecular flexibility index (Phi) is 3.81. The third kappa shape index (κ3) is 3.07. The molecule has 1 saturated heterocycles. The summed E-state index contributed by atoms with van der Waals surface area (Å²) in [5.74, 6) is 2.49. The monoisotopic (exact) mass is 268 g/mol. The molecule has 104 valence electrons. The largest absolute Gasteiger partial charge is 0.341 e. The van der Waals surface area contributed by atoms with Gasteiger partial charge in [0.25, 0.3) is 0 Å². The molecule has 1 N–H and O–H groups in total. The number of hydrogen-bond acceptors (Lipinski definition) is 4. The summed E-state index contributed by atoms with van der Waals surface area (Å²) in [4.78, 5) is 11.3. The maximum Gasteiger partial charge on any atom is 0.227 e. The molecule has 20 heavy (non-hydrogen) atoms. The minimum absolute atomic E-state index is 0.817. The molecule has 0 aliphatic carbocycles. The van der Waals surface area contributed by atoms with Gasteiger partial charge in [0.1, 0.15) is 5.82 Å². The lowest BCUT2D eigenvalue weighted by atomic mass is 10.00. The van der Waals surface area contributed by atoms with Crippen molar-refractivity contribution in [2.75, 3.05) is 23.3 Å². The molecule has 0 saturated carbocycles. The van der Waals surface area contributed by atoms with Crippen LogP contribution in [0.2, 0.25) is 0 Å². The van der Waals surface area contributed by atoms with Gasteiger partial charge in [-0.3, -0.25) is 0 Å².